The van der Waals surface area contributed by atoms with Crippen LogP contribution >= 0.6 is 0 Å². The molecule has 0 radical (unpaired) electrons. The summed E-state index contributed by atoms with van der Waals surface area (Å²) in [6, 6.07) is 7.88. The second-order valence-corrected chi connectivity index (χ2v) is 6.30. The van der Waals surface area contributed by atoms with Gasteiger partial charge in [0.2, 0.25) is 0 Å². The fourth-order valence-electron chi connectivity index (χ4n) is 2.52. The molecule has 0 heterocycles. The third-order valence-electron chi connectivity index (χ3n) is 4.16. The van der Waals surface area contributed by atoms with Crippen LogP contribution in [0.3, 0.4) is 0 Å². The van der Waals surface area contributed by atoms with Gasteiger partial charge in [0.15, 0.2) is 0 Å². The number of nitrogens with two attached hydrogens (primary N) is 1. The monoisotopic (exact) mass is 309 g/mol. The molecule has 22 heavy (non-hydrogen) atoms. The fourth-order valence-corrected chi connectivity index (χ4v) is 2.52. The van der Waals surface area contributed by atoms with Crippen molar-refractivity contribution in [2.24, 2.45) is 5.73 Å². The van der Waals surface area contributed by atoms with E-state index in [0.29, 0.717) is 0 Å². The summed E-state index contributed by atoms with van der Waals surface area (Å²) in [7, 11) is 0. The minimum absolute atomic E-state index is 0.135. The maximum absolute atomic E-state index is 10.2. The second-order valence-electron chi connectivity index (χ2n) is 6.30. The Hall–Kier alpha value is -0.940. The van der Waals surface area contributed by atoms with E-state index in [0.717, 1.165) is 12.0 Å². The molecule has 0 saturated heterocycles. The number of benzene rings is 1. The summed E-state index contributed by atoms with van der Waals surface area (Å²) >= 11 is 0. The lowest BCUT2D eigenvalue weighted by Gasteiger charge is -2.27. The molecule has 0 bridgehead atoms. The van der Waals surface area contributed by atoms with E-state index in [-0.39, 0.29) is 19.6 Å². The van der Waals surface area contributed by atoms with Crippen molar-refractivity contribution in [2.75, 3.05) is 13.2 Å². The van der Waals surface area contributed by atoms with E-state index in [1.54, 1.807) is 0 Å². The molecule has 0 aromatic heterocycles. The number of aliphatic hydroxyl groups excluding tert-OH is 3. The molecule has 1 rings (SSSR count). The van der Waals surface area contributed by atoms with Gasteiger partial charge < -0.3 is 21.1 Å². The lowest BCUT2D eigenvalue weighted by Crippen LogP contribution is -2.48. The maximum Gasteiger partial charge on any atom is 0.0809 e. The van der Waals surface area contributed by atoms with Crippen molar-refractivity contribution in [3.05, 3.63) is 35.4 Å². The second kappa shape index (κ2) is 9.95. The molecule has 0 aliphatic heterocycles. The van der Waals surface area contributed by atoms with E-state index in [2.05, 4.69) is 6.92 Å². The van der Waals surface area contributed by atoms with Crippen LogP contribution in [-0.2, 0) is 6.42 Å². The summed E-state index contributed by atoms with van der Waals surface area (Å²) in [6.45, 7) is 1.51. The Kier molecular flexibility index (Phi) is 8.64. The van der Waals surface area contributed by atoms with Gasteiger partial charge in [-0.2, -0.15) is 0 Å². The Morgan fingerprint density at radius 3 is 2.14 bits per heavy atom. The van der Waals surface area contributed by atoms with Gasteiger partial charge in [0.1, 0.15) is 0 Å². The van der Waals surface area contributed by atoms with Crippen molar-refractivity contribution >= 4 is 0 Å². The van der Waals surface area contributed by atoms with E-state index in [9.17, 15) is 15.3 Å². The van der Waals surface area contributed by atoms with Crippen LogP contribution in [0.2, 0.25) is 0 Å². The first kappa shape index (κ1) is 19.1. The van der Waals surface area contributed by atoms with Crippen LogP contribution < -0.4 is 5.73 Å². The number of aliphatic hydroxyl groups is 3. The van der Waals surface area contributed by atoms with Crippen LogP contribution in [0.15, 0.2) is 24.3 Å². The summed E-state index contributed by atoms with van der Waals surface area (Å²) in [6.07, 6.45) is 6.75. The Morgan fingerprint density at radius 2 is 1.59 bits per heavy atom. The van der Waals surface area contributed by atoms with Crippen molar-refractivity contribution in [1.82, 2.24) is 0 Å². The first-order valence-electron chi connectivity index (χ1n) is 8.32. The van der Waals surface area contributed by atoms with Crippen LogP contribution in [0, 0.1) is 0 Å². The molecule has 1 unspecified atom stereocenters. The molecule has 4 nitrogen and oxygen atoms in total. The van der Waals surface area contributed by atoms with E-state index in [4.69, 9.17) is 5.73 Å². The van der Waals surface area contributed by atoms with Crippen molar-refractivity contribution in [3.63, 3.8) is 0 Å². The molecular weight excluding hydrogens is 278 g/mol. The first-order chi connectivity index (χ1) is 10.5. The third kappa shape index (κ3) is 6.44. The fraction of sp³-hybridized carbons (Fsp3) is 0.667. The molecule has 0 spiro atoms. The minimum Gasteiger partial charge on any atom is -0.394 e. The number of aryl methyl sites for hydroxylation is 1. The summed E-state index contributed by atoms with van der Waals surface area (Å²) < 4.78 is 0. The van der Waals surface area contributed by atoms with Crippen molar-refractivity contribution in [2.45, 2.75) is 63.5 Å². The van der Waals surface area contributed by atoms with Crippen LogP contribution in [-0.4, -0.2) is 34.1 Å². The smallest absolute Gasteiger partial charge is 0.0809 e. The third-order valence-corrected chi connectivity index (χ3v) is 4.16. The highest BCUT2D eigenvalue weighted by Crippen LogP contribution is 2.23. The molecule has 0 fully saturated rings. The van der Waals surface area contributed by atoms with Crippen LogP contribution in [0.5, 0.6) is 0 Å². The predicted octanol–water partition coefficient (Wildman–Crippen LogP) is 2.31. The van der Waals surface area contributed by atoms with Gasteiger partial charge in [-0.3, -0.25) is 0 Å². The molecule has 5 N–H and O–H groups in total. The SMILES string of the molecule is CCCCCCCc1ccc(C(O)CC(N)(CO)CO)cc1. The van der Waals surface area contributed by atoms with Crippen molar-refractivity contribution in [1.29, 1.82) is 0 Å². The highest BCUT2D eigenvalue weighted by atomic mass is 16.3. The quantitative estimate of drug-likeness (QED) is 0.472. The molecular formula is C18H31NO3. The number of hydrogen-bond acceptors (Lipinski definition) is 4. The van der Waals surface area contributed by atoms with E-state index < -0.39 is 11.6 Å². The molecule has 4 heteroatoms. The van der Waals surface area contributed by atoms with E-state index in [1.165, 1.54) is 37.7 Å². The van der Waals surface area contributed by atoms with Crippen LogP contribution in [0.4, 0.5) is 0 Å². The number of hydrogen-bond donors (Lipinski definition) is 4. The van der Waals surface area contributed by atoms with Gasteiger partial charge in [-0.15, -0.1) is 0 Å². The van der Waals surface area contributed by atoms with Gasteiger partial charge in [-0.25, -0.2) is 0 Å². The molecule has 0 amide bonds. The minimum atomic E-state index is -1.14. The largest absolute Gasteiger partial charge is 0.394 e. The van der Waals surface area contributed by atoms with Gasteiger partial charge in [0.05, 0.1) is 24.9 Å². The Balaban J connectivity index is 2.46. The predicted molar refractivity (Wildman–Crippen MR) is 89.6 cm³/mol. The Morgan fingerprint density at radius 1 is 1.00 bits per heavy atom. The summed E-state index contributed by atoms with van der Waals surface area (Å²) in [5.41, 5.74) is 6.71. The molecule has 0 saturated carbocycles. The zero-order valence-corrected chi connectivity index (χ0v) is 13.7. The lowest BCUT2D eigenvalue weighted by molar-refractivity contribution is 0.0618. The summed E-state index contributed by atoms with van der Waals surface area (Å²) in [5.74, 6) is 0. The average molecular weight is 309 g/mol. The molecule has 1 atom stereocenters. The zero-order valence-electron chi connectivity index (χ0n) is 13.7. The molecule has 126 valence electrons. The lowest BCUT2D eigenvalue weighted by atomic mass is 9.91. The first-order valence-corrected chi connectivity index (χ1v) is 8.32. The van der Waals surface area contributed by atoms with Crippen LogP contribution in [0.1, 0.15) is 62.7 Å². The number of unbranched alkanes of at least 4 members (excludes halogenated alkanes) is 4. The van der Waals surface area contributed by atoms with Crippen LogP contribution in [0.25, 0.3) is 0 Å². The van der Waals surface area contributed by atoms with Crippen molar-refractivity contribution in [3.8, 4) is 0 Å². The maximum atomic E-state index is 10.2. The van der Waals surface area contributed by atoms with Gasteiger partial charge in [-0.1, -0.05) is 56.9 Å². The average Bonchev–Trinajstić information content (AvgIpc) is 2.55. The normalized spacial score (nSPS) is 13.3. The Labute approximate surface area is 134 Å². The van der Waals surface area contributed by atoms with Crippen molar-refractivity contribution < 1.29 is 15.3 Å². The molecule has 0 aliphatic carbocycles. The summed E-state index contributed by atoms with van der Waals surface area (Å²) in [4.78, 5) is 0. The highest BCUT2D eigenvalue weighted by molar-refractivity contribution is 5.24. The van der Waals surface area contributed by atoms with Gasteiger partial charge in [0.25, 0.3) is 0 Å². The van der Waals surface area contributed by atoms with Gasteiger partial charge >= 0.3 is 0 Å². The summed E-state index contributed by atoms with van der Waals surface area (Å²) in [5, 5.41) is 28.6. The molecule has 1 aromatic rings. The van der Waals surface area contributed by atoms with E-state index >= 15 is 0 Å². The molecule has 0 aliphatic rings. The molecule has 1 aromatic carbocycles. The topological polar surface area (TPSA) is 86.7 Å². The number of rotatable bonds is 11. The standard InChI is InChI=1S/C18H31NO3/c1-2-3-4-5-6-7-15-8-10-16(11-9-15)17(22)12-18(19,13-20)14-21/h8-11,17,20-22H,2-7,12-14,19H2,1H3. The Bertz CT molecular complexity index is 401. The van der Waals surface area contributed by atoms with E-state index in [1.807, 2.05) is 24.3 Å². The highest BCUT2D eigenvalue weighted by Gasteiger charge is 2.27. The zero-order chi connectivity index (χ0) is 16.4. The van der Waals surface area contributed by atoms with Gasteiger partial charge in [-0.05, 0) is 30.4 Å². The van der Waals surface area contributed by atoms with Gasteiger partial charge in [0, 0.05) is 0 Å².